The molecule has 0 aliphatic rings. The summed E-state index contributed by atoms with van der Waals surface area (Å²) in [6.45, 7) is 6.05. The van der Waals surface area contributed by atoms with Crippen LogP contribution in [0.2, 0.25) is 0 Å². The maximum atomic E-state index is 12.0. The molecule has 2 rings (SSSR count). The minimum atomic E-state index is -0.759. The lowest BCUT2D eigenvalue weighted by Crippen LogP contribution is -2.27. The van der Waals surface area contributed by atoms with E-state index in [-0.39, 0.29) is 0 Å². The quantitative estimate of drug-likeness (QED) is 0.783. The lowest BCUT2D eigenvalue weighted by atomic mass is 10.1. The Labute approximate surface area is 116 Å². The molecule has 0 radical (unpaired) electrons. The summed E-state index contributed by atoms with van der Waals surface area (Å²) in [6.07, 6.45) is 2.34. The summed E-state index contributed by atoms with van der Waals surface area (Å²) in [7, 11) is 0. The molecule has 0 saturated heterocycles. The van der Waals surface area contributed by atoms with Crippen LogP contribution in [0.1, 0.15) is 33.2 Å². The molecule has 0 aromatic carbocycles. The number of fused-ring (bicyclic) bond motifs is 1. The van der Waals surface area contributed by atoms with Crippen molar-refractivity contribution in [1.29, 1.82) is 0 Å². The first-order valence-corrected chi connectivity index (χ1v) is 6.63. The van der Waals surface area contributed by atoms with Gasteiger partial charge in [0.05, 0.1) is 6.61 Å². The van der Waals surface area contributed by atoms with E-state index in [0.717, 1.165) is 6.42 Å². The third-order valence-corrected chi connectivity index (χ3v) is 3.04. The average molecular weight is 278 g/mol. The predicted octanol–water partition coefficient (Wildman–Crippen LogP) is 2.14. The van der Waals surface area contributed by atoms with E-state index in [1.54, 1.807) is 25.3 Å². The molecule has 0 bridgehead atoms. The number of carbonyl (C=O) groups excluding carboxylic acids is 1. The van der Waals surface area contributed by atoms with Crippen LogP contribution in [0.3, 0.4) is 0 Å². The van der Waals surface area contributed by atoms with Gasteiger partial charge in [-0.3, -0.25) is 0 Å². The Kier molecular flexibility index (Phi) is 4.22. The van der Waals surface area contributed by atoms with Gasteiger partial charge in [-0.05, 0) is 31.4 Å². The van der Waals surface area contributed by atoms with Gasteiger partial charge in [0.25, 0.3) is 0 Å². The van der Waals surface area contributed by atoms with Gasteiger partial charge in [0.1, 0.15) is 6.04 Å². The first-order chi connectivity index (χ1) is 9.50. The van der Waals surface area contributed by atoms with Crippen molar-refractivity contribution in [1.82, 2.24) is 9.55 Å². The van der Waals surface area contributed by atoms with Gasteiger partial charge in [-0.2, -0.15) is 0 Å². The summed E-state index contributed by atoms with van der Waals surface area (Å²) in [6, 6.07) is 2.55. The van der Waals surface area contributed by atoms with E-state index < -0.39 is 17.8 Å². The summed E-state index contributed by atoms with van der Waals surface area (Å²) in [5.41, 5.74) is 0.713. The number of oxazole rings is 1. The molecule has 20 heavy (non-hydrogen) atoms. The van der Waals surface area contributed by atoms with Crippen LogP contribution >= 0.6 is 0 Å². The van der Waals surface area contributed by atoms with Crippen molar-refractivity contribution < 1.29 is 13.9 Å². The second-order valence-electron chi connectivity index (χ2n) is 5.09. The SMILES string of the molecule is CC(C)CCOC(=O)C(C)n1c(=O)oc2cccnc21. The first-order valence-electron chi connectivity index (χ1n) is 6.63. The number of hydrogen-bond acceptors (Lipinski definition) is 5. The lowest BCUT2D eigenvalue weighted by molar-refractivity contribution is -0.147. The highest BCUT2D eigenvalue weighted by molar-refractivity contribution is 5.77. The molecule has 0 saturated carbocycles. The van der Waals surface area contributed by atoms with Crippen molar-refractivity contribution in [3.05, 3.63) is 28.9 Å². The maximum Gasteiger partial charge on any atom is 0.422 e. The van der Waals surface area contributed by atoms with Crippen LogP contribution in [-0.4, -0.2) is 22.1 Å². The second kappa shape index (κ2) is 5.90. The third kappa shape index (κ3) is 2.89. The second-order valence-corrected chi connectivity index (χ2v) is 5.09. The maximum absolute atomic E-state index is 12.0. The van der Waals surface area contributed by atoms with E-state index in [1.165, 1.54) is 4.57 Å². The van der Waals surface area contributed by atoms with Crippen LogP contribution < -0.4 is 5.76 Å². The number of nitrogens with zero attached hydrogens (tertiary/aromatic N) is 2. The molecule has 1 atom stereocenters. The van der Waals surface area contributed by atoms with E-state index in [0.29, 0.717) is 23.8 Å². The van der Waals surface area contributed by atoms with Crippen LogP contribution in [0.25, 0.3) is 11.2 Å². The van der Waals surface area contributed by atoms with Crippen molar-refractivity contribution in [3.8, 4) is 0 Å². The third-order valence-electron chi connectivity index (χ3n) is 3.04. The van der Waals surface area contributed by atoms with E-state index in [9.17, 15) is 9.59 Å². The molecule has 0 N–H and O–H groups in total. The van der Waals surface area contributed by atoms with E-state index in [1.807, 2.05) is 0 Å². The van der Waals surface area contributed by atoms with Gasteiger partial charge in [-0.15, -0.1) is 0 Å². The zero-order valence-electron chi connectivity index (χ0n) is 11.8. The van der Waals surface area contributed by atoms with Crippen LogP contribution in [0.4, 0.5) is 0 Å². The number of carbonyl (C=O) groups is 1. The monoisotopic (exact) mass is 278 g/mol. The fourth-order valence-electron chi connectivity index (χ4n) is 1.84. The molecule has 2 aromatic heterocycles. The number of rotatable bonds is 5. The Balaban J connectivity index is 2.18. The van der Waals surface area contributed by atoms with Gasteiger partial charge in [0, 0.05) is 6.20 Å². The Morgan fingerprint density at radius 2 is 2.20 bits per heavy atom. The minimum absolute atomic E-state index is 0.346. The highest BCUT2D eigenvalue weighted by Crippen LogP contribution is 2.15. The number of esters is 1. The van der Waals surface area contributed by atoms with Gasteiger partial charge in [0.2, 0.25) is 0 Å². The van der Waals surface area contributed by atoms with E-state index >= 15 is 0 Å². The molecule has 108 valence electrons. The fourth-order valence-corrected chi connectivity index (χ4v) is 1.84. The Bertz CT molecular complexity index is 656. The van der Waals surface area contributed by atoms with Gasteiger partial charge in [-0.1, -0.05) is 13.8 Å². The highest BCUT2D eigenvalue weighted by atomic mass is 16.5. The fraction of sp³-hybridized carbons (Fsp3) is 0.500. The zero-order chi connectivity index (χ0) is 14.7. The molecule has 0 spiro atoms. The van der Waals surface area contributed by atoms with Crippen LogP contribution in [-0.2, 0) is 9.53 Å². The Hall–Kier alpha value is -2.11. The molecule has 1 unspecified atom stereocenters. The average Bonchev–Trinajstić information content (AvgIpc) is 2.73. The van der Waals surface area contributed by atoms with Crippen LogP contribution in [0.15, 0.2) is 27.5 Å². The van der Waals surface area contributed by atoms with Crippen molar-refractivity contribution >= 4 is 17.2 Å². The minimum Gasteiger partial charge on any atom is -0.464 e. The van der Waals surface area contributed by atoms with Crippen molar-refractivity contribution in [2.45, 2.75) is 33.2 Å². The summed E-state index contributed by atoms with van der Waals surface area (Å²) in [5, 5.41) is 0. The zero-order valence-corrected chi connectivity index (χ0v) is 11.8. The lowest BCUT2D eigenvalue weighted by Gasteiger charge is -2.12. The number of ether oxygens (including phenoxy) is 1. The molecule has 0 aliphatic carbocycles. The van der Waals surface area contributed by atoms with Crippen molar-refractivity contribution in [3.63, 3.8) is 0 Å². The molecule has 2 aromatic rings. The summed E-state index contributed by atoms with van der Waals surface area (Å²) >= 11 is 0. The Morgan fingerprint density at radius 3 is 2.90 bits per heavy atom. The summed E-state index contributed by atoms with van der Waals surface area (Å²) in [5.74, 6) is -0.606. The molecule has 0 aliphatic heterocycles. The molecule has 6 heteroatoms. The van der Waals surface area contributed by atoms with E-state index in [2.05, 4.69) is 18.8 Å². The molecule has 0 fully saturated rings. The number of aromatic nitrogens is 2. The smallest absolute Gasteiger partial charge is 0.422 e. The topological polar surface area (TPSA) is 74.3 Å². The van der Waals surface area contributed by atoms with Gasteiger partial charge in [0.15, 0.2) is 11.2 Å². The molecule has 6 nitrogen and oxygen atoms in total. The highest BCUT2D eigenvalue weighted by Gasteiger charge is 2.23. The van der Waals surface area contributed by atoms with Crippen LogP contribution in [0, 0.1) is 5.92 Å². The predicted molar refractivity (Wildman–Crippen MR) is 73.4 cm³/mol. The largest absolute Gasteiger partial charge is 0.464 e. The van der Waals surface area contributed by atoms with Gasteiger partial charge < -0.3 is 9.15 Å². The molecular weight excluding hydrogens is 260 g/mol. The molecule has 0 amide bonds. The standard InChI is InChI=1S/C14H18N2O4/c1-9(2)6-8-19-13(17)10(3)16-12-11(20-14(16)18)5-4-7-15-12/h4-5,7,9-10H,6,8H2,1-3H3. The van der Waals surface area contributed by atoms with E-state index in [4.69, 9.17) is 9.15 Å². The first kappa shape index (κ1) is 14.3. The van der Waals surface area contributed by atoms with Gasteiger partial charge in [-0.25, -0.2) is 19.1 Å². The van der Waals surface area contributed by atoms with Crippen molar-refractivity contribution in [2.24, 2.45) is 5.92 Å². The van der Waals surface area contributed by atoms with Gasteiger partial charge >= 0.3 is 11.7 Å². The number of hydrogen-bond donors (Lipinski definition) is 0. The number of pyridine rings is 1. The van der Waals surface area contributed by atoms with Crippen LogP contribution in [0.5, 0.6) is 0 Å². The molecule has 2 heterocycles. The normalized spacial score (nSPS) is 12.8. The molecular formula is C14H18N2O4. The van der Waals surface area contributed by atoms with Crippen molar-refractivity contribution in [2.75, 3.05) is 6.61 Å². The summed E-state index contributed by atoms with van der Waals surface area (Å²) < 4.78 is 11.4. The Morgan fingerprint density at radius 1 is 1.45 bits per heavy atom. The summed E-state index contributed by atoms with van der Waals surface area (Å²) in [4.78, 5) is 27.9.